The van der Waals surface area contributed by atoms with Crippen molar-refractivity contribution >= 4 is 22.7 Å². The topological polar surface area (TPSA) is 46.5 Å². The fourth-order valence-corrected chi connectivity index (χ4v) is 2.65. The number of benzene rings is 2. The summed E-state index contributed by atoms with van der Waals surface area (Å²) in [5, 5.41) is 6.80. The van der Waals surface area contributed by atoms with Crippen molar-refractivity contribution in [2.75, 3.05) is 5.43 Å². The van der Waals surface area contributed by atoms with Gasteiger partial charge in [-0.25, -0.2) is 13.8 Å². The Morgan fingerprint density at radius 3 is 2.64 bits per heavy atom. The number of hydrogen-bond donors (Lipinski definition) is 1. The Kier molecular flexibility index (Phi) is 5.35. The number of nitrogens with zero attached hydrogens (tertiary/aromatic N) is 2. The summed E-state index contributed by atoms with van der Waals surface area (Å²) in [6.45, 7) is 2.08. The van der Waals surface area contributed by atoms with Crippen LogP contribution in [-0.2, 0) is 6.61 Å². The second kappa shape index (κ2) is 7.85. The molecular formula is C18H15F2N3OS. The zero-order chi connectivity index (χ0) is 17.6. The lowest BCUT2D eigenvalue weighted by Gasteiger charge is -2.07. The van der Waals surface area contributed by atoms with Crippen molar-refractivity contribution in [3.63, 3.8) is 0 Å². The summed E-state index contributed by atoms with van der Waals surface area (Å²) in [6, 6.07) is 11.0. The maximum atomic E-state index is 13.1. The molecule has 128 valence electrons. The van der Waals surface area contributed by atoms with Crippen LogP contribution in [-0.4, -0.2) is 11.2 Å². The molecule has 0 amide bonds. The van der Waals surface area contributed by atoms with Gasteiger partial charge in [0.05, 0.1) is 11.9 Å². The van der Waals surface area contributed by atoms with Gasteiger partial charge >= 0.3 is 0 Å². The first-order valence-electron chi connectivity index (χ1n) is 7.48. The molecule has 1 N–H and O–H groups in total. The Labute approximate surface area is 147 Å². The number of thiazole rings is 1. The van der Waals surface area contributed by atoms with E-state index < -0.39 is 11.6 Å². The van der Waals surface area contributed by atoms with Crippen LogP contribution in [0.3, 0.4) is 0 Å². The van der Waals surface area contributed by atoms with E-state index in [4.69, 9.17) is 4.74 Å². The maximum absolute atomic E-state index is 13.1. The number of aromatic nitrogens is 1. The number of hydrazone groups is 1. The van der Waals surface area contributed by atoms with E-state index in [2.05, 4.69) is 15.5 Å². The molecular weight excluding hydrogens is 344 g/mol. The van der Waals surface area contributed by atoms with Crippen LogP contribution < -0.4 is 10.2 Å². The standard InChI is InChI=1S/C18H15F2N3OS/c1-12-11-25-18(22-12)23-21-9-13-2-5-15(6-3-13)24-10-14-4-7-16(19)17(20)8-14/h2-9,11H,10H2,1H3,(H,22,23). The van der Waals surface area contributed by atoms with E-state index >= 15 is 0 Å². The van der Waals surface area contributed by atoms with Gasteiger partial charge in [-0.1, -0.05) is 6.07 Å². The summed E-state index contributed by atoms with van der Waals surface area (Å²) >= 11 is 1.49. The summed E-state index contributed by atoms with van der Waals surface area (Å²) in [7, 11) is 0. The Morgan fingerprint density at radius 2 is 1.96 bits per heavy atom. The molecule has 3 rings (SSSR count). The highest BCUT2D eigenvalue weighted by atomic mass is 32.1. The van der Waals surface area contributed by atoms with E-state index in [1.807, 2.05) is 24.4 Å². The molecule has 0 radical (unpaired) electrons. The van der Waals surface area contributed by atoms with Gasteiger partial charge in [0.1, 0.15) is 12.4 Å². The minimum absolute atomic E-state index is 0.162. The Balaban J connectivity index is 1.53. The lowest BCUT2D eigenvalue weighted by molar-refractivity contribution is 0.305. The van der Waals surface area contributed by atoms with Crippen LogP contribution in [0.15, 0.2) is 52.9 Å². The van der Waals surface area contributed by atoms with Gasteiger partial charge in [-0.2, -0.15) is 5.10 Å². The maximum Gasteiger partial charge on any atom is 0.203 e. The van der Waals surface area contributed by atoms with E-state index in [1.165, 1.54) is 17.4 Å². The smallest absolute Gasteiger partial charge is 0.203 e. The van der Waals surface area contributed by atoms with Crippen molar-refractivity contribution in [3.05, 3.63) is 76.3 Å². The van der Waals surface area contributed by atoms with Crippen molar-refractivity contribution < 1.29 is 13.5 Å². The van der Waals surface area contributed by atoms with E-state index in [0.29, 0.717) is 11.3 Å². The number of halogens is 2. The second-order valence-electron chi connectivity index (χ2n) is 5.27. The van der Waals surface area contributed by atoms with Gasteiger partial charge in [0.2, 0.25) is 5.13 Å². The number of hydrogen-bond acceptors (Lipinski definition) is 5. The SMILES string of the molecule is Cc1csc(NN=Cc2ccc(OCc3ccc(F)c(F)c3)cc2)n1. The normalized spacial score (nSPS) is 11.0. The summed E-state index contributed by atoms with van der Waals surface area (Å²) < 4.78 is 31.6. The van der Waals surface area contributed by atoms with Gasteiger partial charge in [0.15, 0.2) is 11.6 Å². The molecule has 1 aromatic heterocycles. The van der Waals surface area contributed by atoms with Gasteiger partial charge in [0, 0.05) is 5.38 Å². The van der Waals surface area contributed by atoms with Crippen molar-refractivity contribution in [1.29, 1.82) is 0 Å². The quantitative estimate of drug-likeness (QED) is 0.510. The van der Waals surface area contributed by atoms with Gasteiger partial charge in [-0.15, -0.1) is 11.3 Å². The van der Waals surface area contributed by atoms with Gasteiger partial charge in [-0.05, 0) is 54.4 Å². The highest BCUT2D eigenvalue weighted by molar-refractivity contribution is 7.13. The molecule has 3 aromatic rings. The number of ether oxygens (including phenoxy) is 1. The molecule has 0 spiro atoms. The van der Waals surface area contributed by atoms with Crippen LogP contribution in [0.5, 0.6) is 5.75 Å². The lowest BCUT2D eigenvalue weighted by atomic mass is 10.2. The van der Waals surface area contributed by atoms with Gasteiger partial charge < -0.3 is 4.74 Å². The summed E-state index contributed by atoms with van der Waals surface area (Å²) in [6.07, 6.45) is 1.68. The largest absolute Gasteiger partial charge is 0.489 e. The van der Waals surface area contributed by atoms with Crippen molar-refractivity contribution in [2.45, 2.75) is 13.5 Å². The van der Waals surface area contributed by atoms with Crippen LogP contribution in [0, 0.1) is 18.6 Å². The summed E-state index contributed by atoms with van der Waals surface area (Å²) in [5.41, 5.74) is 5.27. The number of anilines is 1. The Hall–Kier alpha value is -2.80. The first-order valence-corrected chi connectivity index (χ1v) is 8.36. The molecule has 0 fully saturated rings. The third-order valence-electron chi connectivity index (χ3n) is 3.26. The van der Waals surface area contributed by atoms with Crippen LogP contribution in [0.2, 0.25) is 0 Å². The van der Waals surface area contributed by atoms with Crippen LogP contribution >= 0.6 is 11.3 Å². The molecule has 0 aliphatic carbocycles. The Bertz CT molecular complexity index is 878. The highest BCUT2D eigenvalue weighted by Gasteiger charge is 2.03. The average Bonchev–Trinajstić information content (AvgIpc) is 3.02. The van der Waals surface area contributed by atoms with E-state index in [1.54, 1.807) is 18.3 Å². The molecule has 4 nitrogen and oxygen atoms in total. The average molecular weight is 359 g/mol. The predicted octanol–water partition coefficient (Wildman–Crippen LogP) is 4.75. The fraction of sp³-hybridized carbons (Fsp3) is 0.111. The second-order valence-corrected chi connectivity index (χ2v) is 6.13. The minimum atomic E-state index is -0.879. The number of rotatable bonds is 6. The highest BCUT2D eigenvalue weighted by Crippen LogP contribution is 2.16. The van der Waals surface area contributed by atoms with Gasteiger partial charge in [0.25, 0.3) is 0 Å². The van der Waals surface area contributed by atoms with Crippen molar-refractivity contribution in [2.24, 2.45) is 5.10 Å². The van der Waals surface area contributed by atoms with Crippen molar-refractivity contribution in [3.8, 4) is 5.75 Å². The molecule has 0 aliphatic rings. The number of nitrogens with one attached hydrogen (secondary N) is 1. The predicted molar refractivity (Wildman–Crippen MR) is 95.2 cm³/mol. The third kappa shape index (κ3) is 4.84. The molecule has 0 bridgehead atoms. The molecule has 0 unspecified atom stereocenters. The zero-order valence-corrected chi connectivity index (χ0v) is 14.2. The van der Waals surface area contributed by atoms with Crippen LogP contribution in [0.4, 0.5) is 13.9 Å². The monoisotopic (exact) mass is 359 g/mol. The fourth-order valence-electron chi connectivity index (χ4n) is 2.01. The van der Waals surface area contributed by atoms with E-state index in [0.717, 1.165) is 28.5 Å². The first-order chi connectivity index (χ1) is 12.1. The summed E-state index contributed by atoms with van der Waals surface area (Å²) in [5.74, 6) is -1.12. The zero-order valence-electron chi connectivity index (χ0n) is 13.4. The molecule has 0 atom stereocenters. The van der Waals surface area contributed by atoms with Gasteiger partial charge in [-0.3, -0.25) is 5.43 Å². The van der Waals surface area contributed by atoms with E-state index in [9.17, 15) is 8.78 Å². The molecule has 25 heavy (non-hydrogen) atoms. The molecule has 2 aromatic carbocycles. The lowest BCUT2D eigenvalue weighted by Crippen LogP contribution is -1.97. The third-order valence-corrected chi connectivity index (χ3v) is 4.13. The van der Waals surface area contributed by atoms with E-state index in [-0.39, 0.29) is 6.61 Å². The van der Waals surface area contributed by atoms with Crippen LogP contribution in [0.25, 0.3) is 0 Å². The van der Waals surface area contributed by atoms with Crippen molar-refractivity contribution in [1.82, 2.24) is 4.98 Å². The van der Waals surface area contributed by atoms with Crippen LogP contribution in [0.1, 0.15) is 16.8 Å². The minimum Gasteiger partial charge on any atom is -0.489 e. The molecule has 0 saturated carbocycles. The Morgan fingerprint density at radius 1 is 1.16 bits per heavy atom. The molecule has 0 saturated heterocycles. The summed E-state index contributed by atoms with van der Waals surface area (Å²) in [4.78, 5) is 4.24. The molecule has 0 aliphatic heterocycles. The molecule has 1 heterocycles. The number of aryl methyl sites for hydroxylation is 1. The molecule has 7 heteroatoms. The first kappa shape index (κ1) is 17.0.